The van der Waals surface area contributed by atoms with E-state index in [1.54, 1.807) is 24.7 Å². The van der Waals surface area contributed by atoms with Gasteiger partial charge in [0.25, 0.3) is 0 Å². The van der Waals surface area contributed by atoms with E-state index in [2.05, 4.69) is 25.5 Å². The van der Waals surface area contributed by atoms with Crippen molar-refractivity contribution in [3.8, 4) is 11.5 Å². The van der Waals surface area contributed by atoms with Crippen molar-refractivity contribution in [1.29, 1.82) is 0 Å². The number of hydrogen-bond donors (Lipinski definition) is 2. The van der Waals surface area contributed by atoms with E-state index < -0.39 is 0 Å². The minimum Gasteiger partial charge on any atom is -0.351 e. The Hall–Kier alpha value is -2.94. The number of hydrogen-bond acceptors (Lipinski definition) is 7. The van der Waals surface area contributed by atoms with E-state index in [4.69, 9.17) is 5.84 Å². The molecule has 0 bridgehead atoms. The van der Waals surface area contributed by atoms with Crippen molar-refractivity contribution >= 4 is 17.7 Å². The van der Waals surface area contributed by atoms with E-state index in [0.29, 0.717) is 23.2 Å². The molecular weight excluding hydrogens is 326 g/mol. The minimum absolute atomic E-state index is 0.119. The molecule has 0 aromatic carbocycles. The number of rotatable bonds is 6. The fourth-order valence-corrected chi connectivity index (χ4v) is 2.62. The third kappa shape index (κ3) is 3.87. The molecule has 0 aliphatic carbocycles. The monoisotopic (exact) mass is 341 g/mol. The van der Waals surface area contributed by atoms with Crippen LogP contribution in [0.4, 0.5) is 0 Å². The summed E-state index contributed by atoms with van der Waals surface area (Å²) in [5.41, 5.74) is 1.57. The molecule has 0 radical (unpaired) electrons. The van der Waals surface area contributed by atoms with Crippen LogP contribution in [0.3, 0.4) is 0 Å². The van der Waals surface area contributed by atoms with Crippen LogP contribution in [0.1, 0.15) is 5.56 Å². The number of thioether (sulfide) groups is 1. The zero-order valence-corrected chi connectivity index (χ0v) is 13.5. The van der Waals surface area contributed by atoms with Crippen LogP contribution in [0.15, 0.2) is 54.1 Å². The lowest BCUT2D eigenvalue weighted by atomic mass is 10.3. The highest BCUT2D eigenvalue weighted by Crippen LogP contribution is 2.19. The smallest absolute Gasteiger partial charge is 0.230 e. The van der Waals surface area contributed by atoms with Gasteiger partial charge in [-0.05, 0) is 23.8 Å². The number of aromatic nitrogens is 5. The molecule has 0 saturated heterocycles. The van der Waals surface area contributed by atoms with Crippen LogP contribution in [-0.2, 0) is 11.3 Å². The summed E-state index contributed by atoms with van der Waals surface area (Å²) in [5.74, 6) is 6.50. The van der Waals surface area contributed by atoms with E-state index in [-0.39, 0.29) is 11.7 Å². The van der Waals surface area contributed by atoms with Crippen LogP contribution in [-0.4, -0.2) is 36.5 Å². The van der Waals surface area contributed by atoms with Crippen LogP contribution in [0.2, 0.25) is 0 Å². The Morgan fingerprint density at radius 2 is 2.12 bits per heavy atom. The number of carbonyl (C=O) groups excluding carboxylic acids is 1. The highest BCUT2D eigenvalue weighted by Gasteiger charge is 2.14. The van der Waals surface area contributed by atoms with Gasteiger partial charge >= 0.3 is 0 Å². The topological polar surface area (TPSA) is 112 Å². The van der Waals surface area contributed by atoms with Gasteiger partial charge in [-0.3, -0.25) is 14.8 Å². The summed E-state index contributed by atoms with van der Waals surface area (Å²) >= 11 is 1.21. The maximum absolute atomic E-state index is 11.9. The highest BCUT2D eigenvalue weighted by molar-refractivity contribution is 7.99. The summed E-state index contributed by atoms with van der Waals surface area (Å²) in [4.78, 5) is 20.1. The van der Waals surface area contributed by atoms with E-state index in [1.807, 2.05) is 24.3 Å². The number of nitrogens with one attached hydrogen (secondary N) is 1. The van der Waals surface area contributed by atoms with Gasteiger partial charge in [-0.1, -0.05) is 23.9 Å². The summed E-state index contributed by atoms with van der Waals surface area (Å²) in [6, 6.07) is 9.17. The van der Waals surface area contributed by atoms with Crippen LogP contribution in [0.5, 0.6) is 0 Å². The quantitative estimate of drug-likeness (QED) is 0.505. The molecule has 3 N–H and O–H groups in total. The van der Waals surface area contributed by atoms with Crippen molar-refractivity contribution in [2.45, 2.75) is 11.7 Å². The molecule has 3 aromatic heterocycles. The number of nitrogen functional groups attached to an aromatic ring is 1. The normalized spacial score (nSPS) is 10.5. The van der Waals surface area contributed by atoms with Crippen molar-refractivity contribution in [3.63, 3.8) is 0 Å². The molecular formula is C15H15N7OS. The van der Waals surface area contributed by atoms with Gasteiger partial charge in [-0.15, -0.1) is 10.2 Å². The third-order valence-corrected chi connectivity index (χ3v) is 4.05. The number of amides is 1. The predicted molar refractivity (Wildman–Crippen MR) is 90.2 cm³/mol. The molecule has 3 aromatic rings. The van der Waals surface area contributed by atoms with Gasteiger partial charge < -0.3 is 11.2 Å². The van der Waals surface area contributed by atoms with Gasteiger partial charge in [-0.2, -0.15) is 0 Å². The van der Waals surface area contributed by atoms with E-state index in [9.17, 15) is 4.79 Å². The summed E-state index contributed by atoms with van der Waals surface area (Å²) in [6.45, 7) is 0.432. The number of nitrogens with zero attached hydrogens (tertiary/aromatic N) is 5. The third-order valence-electron chi connectivity index (χ3n) is 3.10. The van der Waals surface area contributed by atoms with Crippen LogP contribution >= 0.6 is 11.8 Å². The Morgan fingerprint density at radius 3 is 2.88 bits per heavy atom. The molecule has 24 heavy (non-hydrogen) atoms. The molecule has 3 rings (SSSR count). The molecule has 122 valence electrons. The summed E-state index contributed by atoms with van der Waals surface area (Å²) < 4.78 is 1.33. The first-order chi connectivity index (χ1) is 11.7. The lowest BCUT2D eigenvalue weighted by molar-refractivity contribution is -0.118. The predicted octanol–water partition coefficient (Wildman–Crippen LogP) is 0.857. The van der Waals surface area contributed by atoms with Crippen LogP contribution in [0, 0.1) is 0 Å². The maximum Gasteiger partial charge on any atom is 0.230 e. The van der Waals surface area contributed by atoms with E-state index >= 15 is 0 Å². The number of nitrogens with two attached hydrogens (primary N) is 1. The molecule has 1 amide bonds. The number of carbonyl (C=O) groups is 1. The van der Waals surface area contributed by atoms with Crippen molar-refractivity contribution in [2.24, 2.45) is 0 Å². The van der Waals surface area contributed by atoms with Crippen LogP contribution in [0.25, 0.3) is 11.5 Å². The first kappa shape index (κ1) is 15.9. The Labute approximate surface area is 142 Å². The van der Waals surface area contributed by atoms with Gasteiger partial charge in [-0.25, -0.2) is 4.68 Å². The van der Waals surface area contributed by atoms with Crippen molar-refractivity contribution in [2.75, 3.05) is 11.6 Å². The average Bonchev–Trinajstić information content (AvgIpc) is 3.00. The molecule has 0 unspecified atom stereocenters. The second-order valence-electron chi connectivity index (χ2n) is 4.82. The Balaban J connectivity index is 1.55. The van der Waals surface area contributed by atoms with Gasteiger partial charge in [0.15, 0.2) is 0 Å². The lowest BCUT2D eigenvalue weighted by Gasteiger charge is -2.05. The first-order valence-electron chi connectivity index (χ1n) is 7.14. The van der Waals surface area contributed by atoms with Crippen LogP contribution < -0.4 is 11.2 Å². The Bertz CT molecular complexity index is 807. The second-order valence-corrected chi connectivity index (χ2v) is 5.76. The summed E-state index contributed by atoms with van der Waals surface area (Å²) in [5, 5.41) is 11.3. The summed E-state index contributed by atoms with van der Waals surface area (Å²) in [6.07, 6.45) is 5.06. The zero-order chi connectivity index (χ0) is 16.8. The molecule has 3 heterocycles. The van der Waals surface area contributed by atoms with Gasteiger partial charge in [0.05, 0.1) is 5.75 Å². The Kier molecular flexibility index (Phi) is 5.02. The number of pyridine rings is 2. The van der Waals surface area contributed by atoms with Gasteiger partial charge in [0.1, 0.15) is 5.69 Å². The molecule has 0 aliphatic rings. The molecule has 0 saturated carbocycles. The van der Waals surface area contributed by atoms with E-state index in [0.717, 1.165) is 5.56 Å². The van der Waals surface area contributed by atoms with Gasteiger partial charge in [0.2, 0.25) is 16.9 Å². The first-order valence-corrected chi connectivity index (χ1v) is 8.13. The molecule has 0 atom stereocenters. The standard InChI is InChI=1S/C15H15N7OS/c16-22-14(12-5-1-2-7-18-12)20-21-15(22)24-10-13(23)19-9-11-4-3-6-17-8-11/h1-8H,9-10,16H2,(H,19,23). The Morgan fingerprint density at radius 1 is 1.21 bits per heavy atom. The molecule has 8 nitrogen and oxygen atoms in total. The molecule has 0 spiro atoms. The lowest BCUT2D eigenvalue weighted by Crippen LogP contribution is -2.25. The summed E-state index contributed by atoms with van der Waals surface area (Å²) in [7, 11) is 0. The average molecular weight is 341 g/mol. The maximum atomic E-state index is 11.9. The molecule has 0 aliphatic heterocycles. The van der Waals surface area contributed by atoms with Crippen molar-refractivity contribution in [1.82, 2.24) is 30.2 Å². The fourth-order valence-electron chi connectivity index (χ4n) is 1.93. The molecule has 9 heteroatoms. The highest BCUT2D eigenvalue weighted by atomic mass is 32.2. The molecule has 0 fully saturated rings. The van der Waals surface area contributed by atoms with Gasteiger partial charge in [0, 0.05) is 25.1 Å². The SMILES string of the molecule is Nn1c(SCC(=O)NCc2cccnc2)nnc1-c1ccccn1. The second kappa shape index (κ2) is 7.55. The van der Waals surface area contributed by atoms with Crippen molar-refractivity contribution in [3.05, 3.63) is 54.5 Å². The van der Waals surface area contributed by atoms with E-state index in [1.165, 1.54) is 16.4 Å². The zero-order valence-electron chi connectivity index (χ0n) is 12.7. The van der Waals surface area contributed by atoms with Crippen molar-refractivity contribution < 1.29 is 4.79 Å². The largest absolute Gasteiger partial charge is 0.351 e. The fraction of sp³-hybridized carbons (Fsp3) is 0.133. The minimum atomic E-state index is -0.119.